The summed E-state index contributed by atoms with van der Waals surface area (Å²) in [5.74, 6) is -0.859. The molecule has 2 aromatic rings. The highest BCUT2D eigenvalue weighted by Crippen LogP contribution is 2.22. The molecule has 0 bridgehead atoms. The van der Waals surface area contributed by atoms with Gasteiger partial charge in [-0.2, -0.15) is 4.31 Å². The van der Waals surface area contributed by atoms with Crippen molar-refractivity contribution < 1.29 is 22.4 Å². The first-order valence-corrected chi connectivity index (χ1v) is 11.4. The van der Waals surface area contributed by atoms with Gasteiger partial charge in [-0.05, 0) is 48.7 Å². The summed E-state index contributed by atoms with van der Waals surface area (Å²) in [6.07, 6.45) is 2.70. The summed E-state index contributed by atoms with van der Waals surface area (Å²) in [5, 5.41) is 7.57. The van der Waals surface area contributed by atoms with E-state index in [4.69, 9.17) is 0 Å². The maximum Gasteiger partial charge on any atom is 0.315 e. The molecule has 2 aromatic carbocycles. The quantitative estimate of drug-likeness (QED) is 0.605. The molecule has 0 unspecified atom stereocenters. The number of hydrogen-bond acceptors (Lipinski definition) is 4. The van der Waals surface area contributed by atoms with Crippen molar-refractivity contribution in [2.75, 3.05) is 25.0 Å². The van der Waals surface area contributed by atoms with Crippen LogP contribution in [0.2, 0.25) is 0 Å². The average molecular weight is 449 g/mol. The summed E-state index contributed by atoms with van der Waals surface area (Å²) in [6.45, 7) is 0.883. The minimum Gasteiger partial charge on any atom is -0.334 e. The summed E-state index contributed by atoms with van der Waals surface area (Å²) in [5.41, 5.74) is 1.05. The molecule has 0 aliphatic carbocycles. The van der Waals surface area contributed by atoms with Crippen molar-refractivity contribution in [1.82, 2.24) is 14.9 Å². The predicted octanol–water partition coefficient (Wildman–Crippen LogP) is 2.44. The Morgan fingerprint density at radius 2 is 1.68 bits per heavy atom. The molecule has 0 spiro atoms. The lowest BCUT2D eigenvalue weighted by atomic mass is 10.2. The summed E-state index contributed by atoms with van der Waals surface area (Å²) >= 11 is 0. The van der Waals surface area contributed by atoms with E-state index in [0.29, 0.717) is 24.3 Å². The Kier molecular flexibility index (Phi) is 7.59. The van der Waals surface area contributed by atoms with Crippen LogP contribution in [0.5, 0.6) is 0 Å². The van der Waals surface area contributed by atoms with Crippen LogP contribution in [0.15, 0.2) is 53.4 Å². The van der Waals surface area contributed by atoms with Gasteiger partial charge >= 0.3 is 6.03 Å². The molecule has 1 saturated heterocycles. The first-order chi connectivity index (χ1) is 14.8. The molecule has 0 atom stereocenters. The fourth-order valence-electron chi connectivity index (χ4n) is 3.20. The van der Waals surface area contributed by atoms with Gasteiger partial charge in [-0.1, -0.05) is 24.6 Å². The molecule has 1 heterocycles. The summed E-state index contributed by atoms with van der Waals surface area (Å²) in [4.78, 5) is 24.1. The second-order valence-electron chi connectivity index (χ2n) is 7.20. The molecule has 0 saturated carbocycles. The van der Waals surface area contributed by atoms with E-state index < -0.39 is 22.0 Å². The third-order valence-electron chi connectivity index (χ3n) is 4.85. The van der Waals surface area contributed by atoms with E-state index in [-0.39, 0.29) is 23.8 Å². The summed E-state index contributed by atoms with van der Waals surface area (Å²) in [7, 11) is -3.60. The van der Waals surface area contributed by atoms with Crippen molar-refractivity contribution in [2.45, 2.75) is 30.7 Å². The van der Waals surface area contributed by atoms with E-state index in [0.717, 1.165) is 19.3 Å². The molecule has 1 aliphatic rings. The minimum absolute atomic E-state index is 0.122. The largest absolute Gasteiger partial charge is 0.334 e. The maximum absolute atomic E-state index is 12.9. The molecule has 8 nitrogen and oxygen atoms in total. The highest BCUT2D eigenvalue weighted by Gasteiger charge is 2.26. The van der Waals surface area contributed by atoms with Gasteiger partial charge in [-0.25, -0.2) is 17.6 Å². The topological polar surface area (TPSA) is 108 Å². The predicted molar refractivity (Wildman–Crippen MR) is 114 cm³/mol. The van der Waals surface area contributed by atoms with Crippen molar-refractivity contribution in [3.05, 3.63) is 59.9 Å². The van der Waals surface area contributed by atoms with Crippen LogP contribution < -0.4 is 16.0 Å². The molecule has 0 aromatic heterocycles. The molecule has 3 amide bonds. The number of rotatable bonds is 7. The number of anilines is 1. The first kappa shape index (κ1) is 22.7. The van der Waals surface area contributed by atoms with Gasteiger partial charge in [-0.15, -0.1) is 0 Å². The fraction of sp³-hybridized carbons (Fsp3) is 0.333. The third-order valence-corrected chi connectivity index (χ3v) is 6.74. The van der Waals surface area contributed by atoms with Crippen molar-refractivity contribution in [3.63, 3.8) is 0 Å². The molecular formula is C21H25FN4O4S. The number of carbonyl (C=O) groups is 2. The second kappa shape index (κ2) is 10.4. The van der Waals surface area contributed by atoms with Crippen molar-refractivity contribution >= 4 is 27.6 Å². The Labute approximate surface area is 180 Å². The Bertz CT molecular complexity index is 1020. The molecule has 1 fully saturated rings. The van der Waals surface area contributed by atoms with E-state index in [2.05, 4.69) is 16.0 Å². The van der Waals surface area contributed by atoms with Crippen molar-refractivity contribution in [1.29, 1.82) is 0 Å². The van der Waals surface area contributed by atoms with E-state index in [1.165, 1.54) is 28.6 Å². The smallest absolute Gasteiger partial charge is 0.315 e. The Morgan fingerprint density at radius 3 is 2.39 bits per heavy atom. The molecule has 10 heteroatoms. The zero-order valence-electron chi connectivity index (χ0n) is 16.9. The third kappa shape index (κ3) is 6.50. The number of carbonyl (C=O) groups excluding carboxylic acids is 2. The zero-order valence-corrected chi connectivity index (χ0v) is 17.8. The van der Waals surface area contributed by atoms with Gasteiger partial charge in [0.2, 0.25) is 15.9 Å². The lowest BCUT2D eigenvalue weighted by Gasteiger charge is -2.26. The van der Waals surface area contributed by atoms with E-state index in [1.807, 2.05) is 0 Å². The number of sulfonamides is 1. The minimum atomic E-state index is -3.60. The van der Waals surface area contributed by atoms with Gasteiger partial charge in [0.05, 0.1) is 11.4 Å². The van der Waals surface area contributed by atoms with Gasteiger partial charge < -0.3 is 16.0 Å². The molecule has 3 rings (SSSR count). The molecule has 166 valence electrons. The summed E-state index contributed by atoms with van der Waals surface area (Å²) in [6, 6.07) is 11.2. The highest BCUT2D eigenvalue weighted by molar-refractivity contribution is 7.89. The van der Waals surface area contributed by atoms with Crippen LogP contribution in [-0.2, 0) is 21.4 Å². The van der Waals surface area contributed by atoms with Crippen LogP contribution in [0.4, 0.5) is 14.9 Å². The fourth-order valence-corrected chi connectivity index (χ4v) is 4.76. The Hall–Kier alpha value is -2.98. The van der Waals surface area contributed by atoms with Gasteiger partial charge in [0.1, 0.15) is 5.82 Å². The number of urea groups is 1. The molecular weight excluding hydrogens is 423 g/mol. The normalized spacial score (nSPS) is 14.6. The number of nitrogens with one attached hydrogen (secondary N) is 3. The monoisotopic (exact) mass is 448 g/mol. The zero-order chi connectivity index (χ0) is 22.3. The second-order valence-corrected chi connectivity index (χ2v) is 9.14. The Balaban J connectivity index is 1.49. The van der Waals surface area contributed by atoms with E-state index >= 15 is 0 Å². The van der Waals surface area contributed by atoms with Gasteiger partial charge in [0.15, 0.2) is 0 Å². The molecule has 0 radical (unpaired) electrons. The SMILES string of the molecule is O=C(CNC(=O)NCc1ccc(F)cc1)Nc1cccc(S(=O)(=O)N2CCCCC2)c1. The number of amides is 3. The number of halogens is 1. The standard InChI is InChI=1S/C21H25FN4O4S/c22-17-9-7-16(8-10-17)14-23-21(28)24-15-20(27)25-18-5-4-6-19(13-18)31(29,30)26-11-2-1-3-12-26/h4-10,13H,1-3,11-12,14-15H2,(H,25,27)(H2,23,24,28). The van der Waals surface area contributed by atoms with E-state index in [9.17, 15) is 22.4 Å². The van der Waals surface area contributed by atoms with Crippen LogP contribution in [-0.4, -0.2) is 44.3 Å². The van der Waals surface area contributed by atoms with Crippen LogP contribution >= 0.6 is 0 Å². The molecule has 1 aliphatic heterocycles. The lowest BCUT2D eigenvalue weighted by molar-refractivity contribution is -0.115. The average Bonchev–Trinajstić information content (AvgIpc) is 2.78. The first-order valence-electron chi connectivity index (χ1n) is 10.0. The van der Waals surface area contributed by atoms with Crippen LogP contribution in [0.25, 0.3) is 0 Å². The van der Waals surface area contributed by atoms with Crippen molar-refractivity contribution in [3.8, 4) is 0 Å². The van der Waals surface area contributed by atoms with Gasteiger partial charge in [0, 0.05) is 25.3 Å². The number of nitrogens with zero attached hydrogens (tertiary/aromatic N) is 1. The maximum atomic E-state index is 12.9. The molecule has 3 N–H and O–H groups in total. The Morgan fingerprint density at radius 1 is 0.968 bits per heavy atom. The van der Waals surface area contributed by atoms with Crippen LogP contribution in [0, 0.1) is 5.82 Å². The van der Waals surface area contributed by atoms with E-state index in [1.54, 1.807) is 24.3 Å². The highest BCUT2D eigenvalue weighted by atomic mass is 32.2. The van der Waals surface area contributed by atoms with Crippen LogP contribution in [0.1, 0.15) is 24.8 Å². The lowest BCUT2D eigenvalue weighted by Crippen LogP contribution is -2.39. The van der Waals surface area contributed by atoms with Gasteiger partial charge in [0.25, 0.3) is 0 Å². The number of hydrogen-bond donors (Lipinski definition) is 3. The van der Waals surface area contributed by atoms with Gasteiger partial charge in [-0.3, -0.25) is 4.79 Å². The van der Waals surface area contributed by atoms with Crippen LogP contribution in [0.3, 0.4) is 0 Å². The number of piperidine rings is 1. The summed E-state index contributed by atoms with van der Waals surface area (Å²) < 4.78 is 39.9. The number of benzene rings is 2. The molecule has 31 heavy (non-hydrogen) atoms. The van der Waals surface area contributed by atoms with Crippen molar-refractivity contribution in [2.24, 2.45) is 0 Å².